The van der Waals surface area contributed by atoms with Crippen molar-refractivity contribution in [3.05, 3.63) is 76.1 Å². The highest BCUT2D eigenvalue weighted by Crippen LogP contribution is 2.30. The van der Waals surface area contributed by atoms with E-state index in [1.54, 1.807) is 30.3 Å². The van der Waals surface area contributed by atoms with Crippen LogP contribution in [0.25, 0.3) is 5.76 Å². The first-order chi connectivity index (χ1) is 14.1. The lowest BCUT2D eigenvalue weighted by Gasteiger charge is -2.15. The number of carboxylic acids is 1. The third kappa shape index (κ3) is 4.33. The van der Waals surface area contributed by atoms with Gasteiger partial charge in [-0.2, -0.15) is 0 Å². The van der Waals surface area contributed by atoms with Gasteiger partial charge in [-0.3, -0.25) is 4.99 Å². The minimum absolute atomic E-state index is 0.204. The lowest BCUT2D eigenvalue weighted by atomic mass is 10.00. The molecule has 0 saturated heterocycles. The van der Waals surface area contributed by atoms with Gasteiger partial charge in [0, 0.05) is 0 Å². The van der Waals surface area contributed by atoms with Crippen molar-refractivity contribution in [2.45, 2.75) is 19.4 Å². The molecule has 1 atom stereocenters. The summed E-state index contributed by atoms with van der Waals surface area (Å²) >= 11 is 0. The summed E-state index contributed by atoms with van der Waals surface area (Å²) in [6.07, 6.45) is -0.204. The zero-order valence-corrected chi connectivity index (χ0v) is 15.5. The molecule has 1 unspecified atom stereocenters. The molecule has 2 rings (SSSR count). The standard InChI is InChI=1S/C20H16F5NO4/c1-2-10(26-11(8-27)9-6-4-3-5-7-9)12(20(29)30)19(28)13-14(21)16(23)18(25)17(24)15(13)22/h3-7,11,27-28H,2,8H2,1H3,(H,29,30). The normalized spacial score (nSPS) is 13.8. The van der Waals surface area contributed by atoms with Crippen LogP contribution < -0.4 is 0 Å². The number of hydrogen-bond acceptors (Lipinski definition) is 4. The Kier molecular flexibility index (Phi) is 7.28. The lowest BCUT2D eigenvalue weighted by molar-refractivity contribution is -0.132. The second-order valence-electron chi connectivity index (χ2n) is 6.01. The number of aliphatic hydroxyl groups is 2. The summed E-state index contributed by atoms with van der Waals surface area (Å²) in [6, 6.07) is 7.08. The Labute approximate surface area is 167 Å². The fourth-order valence-corrected chi connectivity index (χ4v) is 2.72. The monoisotopic (exact) mass is 429 g/mol. The van der Waals surface area contributed by atoms with E-state index in [1.807, 2.05) is 0 Å². The summed E-state index contributed by atoms with van der Waals surface area (Å²) in [4.78, 5) is 15.7. The molecule has 0 fully saturated rings. The summed E-state index contributed by atoms with van der Waals surface area (Å²) in [7, 11) is 0. The molecule has 0 saturated carbocycles. The quantitative estimate of drug-likeness (QED) is 0.153. The molecule has 160 valence electrons. The molecule has 0 heterocycles. The average molecular weight is 429 g/mol. The van der Waals surface area contributed by atoms with Gasteiger partial charge in [0.15, 0.2) is 23.3 Å². The third-order valence-corrected chi connectivity index (χ3v) is 4.19. The molecule has 0 aliphatic heterocycles. The van der Waals surface area contributed by atoms with E-state index in [9.17, 15) is 42.1 Å². The first-order valence-corrected chi connectivity index (χ1v) is 8.56. The van der Waals surface area contributed by atoms with E-state index < -0.39 is 70.3 Å². The molecule has 10 heteroatoms. The average Bonchev–Trinajstić information content (AvgIpc) is 2.74. The number of nitrogens with zero attached hydrogens (tertiary/aromatic N) is 1. The summed E-state index contributed by atoms with van der Waals surface area (Å²) in [5.41, 5.74) is -2.90. The fraction of sp³-hybridized carbons (Fsp3) is 0.200. The van der Waals surface area contributed by atoms with Crippen molar-refractivity contribution in [1.29, 1.82) is 0 Å². The van der Waals surface area contributed by atoms with Crippen molar-refractivity contribution in [3.63, 3.8) is 0 Å². The predicted octanol–water partition coefficient (Wildman–Crippen LogP) is 4.32. The highest BCUT2D eigenvalue weighted by Gasteiger charge is 2.32. The number of carbonyl (C=O) groups is 1. The SMILES string of the molecule is CCC(=NC(CO)c1ccccc1)C(C(=O)O)=C(O)c1c(F)c(F)c(F)c(F)c1F. The second kappa shape index (κ2) is 9.49. The van der Waals surface area contributed by atoms with E-state index in [1.165, 1.54) is 6.92 Å². The zero-order chi connectivity index (χ0) is 22.6. The fourth-order valence-electron chi connectivity index (χ4n) is 2.72. The smallest absolute Gasteiger partial charge is 0.341 e. The van der Waals surface area contributed by atoms with Crippen LogP contribution >= 0.6 is 0 Å². The van der Waals surface area contributed by atoms with E-state index in [-0.39, 0.29) is 6.42 Å². The van der Waals surface area contributed by atoms with Crippen LogP contribution in [-0.4, -0.2) is 33.6 Å². The van der Waals surface area contributed by atoms with Crippen LogP contribution in [0.5, 0.6) is 0 Å². The van der Waals surface area contributed by atoms with Gasteiger partial charge in [-0.25, -0.2) is 26.7 Å². The molecular weight excluding hydrogens is 413 g/mol. The van der Waals surface area contributed by atoms with Gasteiger partial charge in [0.05, 0.1) is 23.9 Å². The summed E-state index contributed by atoms with van der Waals surface area (Å²) in [5, 5.41) is 29.3. The molecule has 3 N–H and O–H groups in total. The van der Waals surface area contributed by atoms with Gasteiger partial charge in [0.1, 0.15) is 11.3 Å². The Morgan fingerprint density at radius 1 is 0.933 bits per heavy atom. The number of aliphatic imine (C=N–C) groups is 1. The molecule has 0 aromatic heterocycles. The van der Waals surface area contributed by atoms with Crippen molar-refractivity contribution in [2.75, 3.05) is 6.61 Å². The molecule has 0 aliphatic carbocycles. The maximum absolute atomic E-state index is 14.0. The minimum Gasteiger partial charge on any atom is -0.506 e. The highest BCUT2D eigenvalue weighted by molar-refractivity contribution is 6.23. The van der Waals surface area contributed by atoms with E-state index in [4.69, 9.17) is 0 Å². The summed E-state index contributed by atoms with van der Waals surface area (Å²) < 4.78 is 68.3. The van der Waals surface area contributed by atoms with Crippen LogP contribution in [0.15, 0.2) is 40.9 Å². The number of benzene rings is 2. The van der Waals surface area contributed by atoms with E-state index in [0.29, 0.717) is 5.56 Å². The summed E-state index contributed by atoms with van der Waals surface area (Å²) in [5.74, 6) is -15.5. The van der Waals surface area contributed by atoms with E-state index in [2.05, 4.69) is 4.99 Å². The number of halogens is 5. The predicted molar refractivity (Wildman–Crippen MR) is 97.4 cm³/mol. The Morgan fingerprint density at radius 3 is 1.87 bits per heavy atom. The highest BCUT2D eigenvalue weighted by atomic mass is 19.2. The van der Waals surface area contributed by atoms with E-state index >= 15 is 0 Å². The van der Waals surface area contributed by atoms with Crippen LogP contribution in [0.4, 0.5) is 22.0 Å². The van der Waals surface area contributed by atoms with Gasteiger partial charge in [-0.05, 0) is 12.0 Å². The van der Waals surface area contributed by atoms with Gasteiger partial charge < -0.3 is 15.3 Å². The van der Waals surface area contributed by atoms with Gasteiger partial charge in [-0.1, -0.05) is 37.3 Å². The molecule has 0 spiro atoms. The van der Waals surface area contributed by atoms with Gasteiger partial charge >= 0.3 is 5.97 Å². The number of hydrogen-bond donors (Lipinski definition) is 3. The van der Waals surface area contributed by atoms with Crippen molar-refractivity contribution in [2.24, 2.45) is 4.99 Å². The first-order valence-electron chi connectivity index (χ1n) is 8.56. The number of carboxylic acid groups (broad SMARTS) is 1. The van der Waals surface area contributed by atoms with Crippen LogP contribution in [0.3, 0.4) is 0 Å². The number of aliphatic hydroxyl groups excluding tert-OH is 2. The van der Waals surface area contributed by atoms with Crippen LogP contribution in [0.2, 0.25) is 0 Å². The zero-order valence-electron chi connectivity index (χ0n) is 15.5. The molecular formula is C20H16F5NO4. The lowest BCUT2D eigenvalue weighted by Crippen LogP contribution is -2.18. The van der Waals surface area contributed by atoms with Crippen LogP contribution in [-0.2, 0) is 4.79 Å². The number of aliphatic carboxylic acids is 1. The second-order valence-corrected chi connectivity index (χ2v) is 6.01. The minimum atomic E-state index is -2.45. The van der Waals surface area contributed by atoms with Crippen molar-refractivity contribution in [3.8, 4) is 0 Å². The van der Waals surface area contributed by atoms with Crippen molar-refractivity contribution < 1.29 is 42.1 Å². The Bertz CT molecular complexity index is 993. The molecule has 0 amide bonds. The molecule has 0 aliphatic rings. The molecule has 30 heavy (non-hydrogen) atoms. The van der Waals surface area contributed by atoms with Crippen molar-refractivity contribution in [1.82, 2.24) is 0 Å². The Hall–Kier alpha value is -3.27. The first kappa shape index (κ1) is 23.0. The van der Waals surface area contributed by atoms with Gasteiger partial charge in [0.2, 0.25) is 5.82 Å². The number of rotatable bonds is 7. The van der Waals surface area contributed by atoms with Gasteiger partial charge in [-0.15, -0.1) is 0 Å². The maximum Gasteiger partial charge on any atom is 0.341 e. The molecule has 2 aromatic rings. The topological polar surface area (TPSA) is 90.1 Å². The maximum atomic E-state index is 14.0. The summed E-state index contributed by atoms with van der Waals surface area (Å²) in [6.45, 7) is 0.816. The van der Waals surface area contributed by atoms with E-state index in [0.717, 1.165) is 0 Å². The Balaban J connectivity index is 2.76. The van der Waals surface area contributed by atoms with Crippen molar-refractivity contribution >= 4 is 17.4 Å². The third-order valence-electron chi connectivity index (χ3n) is 4.19. The molecule has 0 bridgehead atoms. The van der Waals surface area contributed by atoms with Crippen LogP contribution in [0.1, 0.15) is 30.5 Å². The van der Waals surface area contributed by atoms with Gasteiger partial charge in [0.25, 0.3) is 0 Å². The molecule has 2 aromatic carbocycles. The molecule has 5 nitrogen and oxygen atoms in total. The van der Waals surface area contributed by atoms with Crippen LogP contribution in [0, 0.1) is 29.1 Å². The Morgan fingerprint density at radius 2 is 1.43 bits per heavy atom. The molecule has 0 radical (unpaired) electrons. The largest absolute Gasteiger partial charge is 0.506 e.